The van der Waals surface area contributed by atoms with Crippen molar-refractivity contribution in [3.05, 3.63) is 34.3 Å². The van der Waals surface area contributed by atoms with Crippen molar-refractivity contribution >= 4 is 27.5 Å². The van der Waals surface area contributed by atoms with Crippen LogP contribution in [-0.2, 0) is 0 Å². The average molecular weight is 250 g/mol. The molecule has 0 radical (unpaired) electrons. The molecule has 3 heteroatoms. The van der Waals surface area contributed by atoms with Crippen molar-refractivity contribution in [2.75, 3.05) is 0 Å². The summed E-state index contributed by atoms with van der Waals surface area (Å²) in [5.74, 6) is 0. The van der Waals surface area contributed by atoms with Crippen LogP contribution < -0.4 is 0 Å². The molecule has 1 rings (SSSR count). The maximum atomic E-state index is 9.62. The molecule has 0 fully saturated rings. The fourth-order valence-corrected chi connectivity index (χ4v) is 1.62. The molecular weight excluding hydrogens is 239 g/mol. The van der Waals surface area contributed by atoms with E-state index in [2.05, 4.69) is 15.9 Å². The summed E-state index contributed by atoms with van der Waals surface area (Å²) in [7, 11) is 0. The SMILES string of the molecule is CC(Cl)C(O)c1ccccc1Br. The number of hydrogen-bond donors (Lipinski definition) is 1. The minimum Gasteiger partial charge on any atom is -0.387 e. The first-order valence-corrected chi connectivity index (χ1v) is 4.92. The molecule has 1 aromatic carbocycles. The van der Waals surface area contributed by atoms with Gasteiger partial charge in [0, 0.05) is 4.47 Å². The van der Waals surface area contributed by atoms with E-state index < -0.39 is 6.10 Å². The molecule has 0 aromatic heterocycles. The molecule has 0 bridgehead atoms. The predicted molar refractivity (Wildman–Crippen MR) is 54.4 cm³/mol. The van der Waals surface area contributed by atoms with Crippen LogP contribution in [-0.4, -0.2) is 10.5 Å². The Bertz CT molecular complexity index is 262. The van der Waals surface area contributed by atoms with Crippen LogP contribution in [0.15, 0.2) is 28.7 Å². The molecule has 2 atom stereocenters. The van der Waals surface area contributed by atoms with Gasteiger partial charge in [0.1, 0.15) is 0 Å². The zero-order valence-corrected chi connectivity index (χ0v) is 9.01. The van der Waals surface area contributed by atoms with Gasteiger partial charge in [0.2, 0.25) is 0 Å². The van der Waals surface area contributed by atoms with Gasteiger partial charge in [-0.2, -0.15) is 0 Å². The predicted octanol–water partition coefficient (Wildman–Crippen LogP) is 3.11. The molecule has 1 N–H and O–H groups in total. The van der Waals surface area contributed by atoms with Gasteiger partial charge in [0.05, 0.1) is 11.5 Å². The van der Waals surface area contributed by atoms with Crippen molar-refractivity contribution < 1.29 is 5.11 Å². The lowest BCUT2D eigenvalue weighted by atomic mass is 10.1. The van der Waals surface area contributed by atoms with E-state index in [-0.39, 0.29) is 5.38 Å². The number of hydrogen-bond acceptors (Lipinski definition) is 1. The van der Waals surface area contributed by atoms with E-state index >= 15 is 0 Å². The van der Waals surface area contributed by atoms with Gasteiger partial charge in [-0.3, -0.25) is 0 Å². The summed E-state index contributed by atoms with van der Waals surface area (Å²) in [5, 5.41) is 9.34. The average Bonchev–Trinajstić information content (AvgIpc) is 2.04. The third-order valence-electron chi connectivity index (χ3n) is 1.66. The van der Waals surface area contributed by atoms with Crippen LogP contribution in [0.2, 0.25) is 0 Å². The Morgan fingerprint density at radius 2 is 2.00 bits per heavy atom. The van der Waals surface area contributed by atoms with Gasteiger partial charge in [-0.15, -0.1) is 11.6 Å². The molecule has 0 saturated heterocycles. The first-order valence-electron chi connectivity index (χ1n) is 3.69. The maximum absolute atomic E-state index is 9.62. The van der Waals surface area contributed by atoms with E-state index in [1.807, 2.05) is 24.3 Å². The maximum Gasteiger partial charge on any atom is 0.0961 e. The Morgan fingerprint density at radius 3 is 2.50 bits per heavy atom. The van der Waals surface area contributed by atoms with E-state index in [1.54, 1.807) is 6.92 Å². The highest BCUT2D eigenvalue weighted by Crippen LogP contribution is 2.27. The molecule has 0 spiro atoms. The lowest BCUT2D eigenvalue weighted by Crippen LogP contribution is -2.08. The van der Waals surface area contributed by atoms with Gasteiger partial charge in [-0.05, 0) is 18.6 Å². The zero-order valence-electron chi connectivity index (χ0n) is 6.67. The van der Waals surface area contributed by atoms with Crippen molar-refractivity contribution in [1.29, 1.82) is 0 Å². The van der Waals surface area contributed by atoms with Gasteiger partial charge in [0.15, 0.2) is 0 Å². The van der Waals surface area contributed by atoms with Gasteiger partial charge in [0.25, 0.3) is 0 Å². The van der Waals surface area contributed by atoms with Crippen LogP contribution in [0, 0.1) is 0 Å². The fraction of sp³-hybridized carbons (Fsp3) is 0.333. The van der Waals surface area contributed by atoms with E-state index in [9.17, 15) is 5.11 Å². The number of aliphatic hydroxyl groups is 1. The lowest BCUT2D eigenvalue weighted by Gasteiger charge is -2.14. The topological polar surface area (TPSA) is 20.2 Å². The van der Waals surface area contributed by atoms with Gasteiger partial charge < -0.3 is 5.11 Å². The van der Waals surface area contributed by atoms with E-state index in [1.165, 1.54) is 0 Å². The van der Waals surface area contributed by atoms with Crippen LogP contribution in [0.25, 0.3) is 0 Å². The Balaban J connectivity index is 2.94. The van der Waals surface area contributed by atoms with Crippen LogP contribution in [0.3, 0.4) is 0 Å². The standard InChI is InChI=1S/C9H10BrClO/c1-6(11)9(12)7-4-2-3-5-8(7)10/h2-6,9,12H,1H3. The summed E-state index contributed by atoms with van der Waals surface area (Å²) in [6.07, 6.45) is -0.609. The molecule has 1 aromatic rings. The number of alkyl halides is 1. The highest BCUT2D eigenvalue weighted by Gasteiger charge is 2.15. The lowest BCUT2D eigenvalue weighted by molar-refractivity contribution is 0.176. The molecule has 0 aliphatic rings. The van der Waals surface area contributed by atoms with Crippen molar-refractivity contribution in [1.82, 2.24) is 0 Å². The zero-order chi connectivity index (χ0) is 9.14. The summed E-state index contributed by atoms with van der Waals surface area (Å²) in [4.78, 5) is 0. The van der Waals surface area contributed by atoms with E-state index in [4.69, 9.17) is 11.6 Å². The number of benzene rings is 1. The van der Waals surface area contributed by atoms with Gasteiger partial charge in [-0.25, -0.2) is 0 Å². The Labute approximate surface area is 85.5 Å². The van der Waals surface area contributed by atoms with Crippen molar-refractivity contribution in [2.45, 2.75) is 18.4 Å². The minimum absolute atomic E-state index is 0.274. The van der Waals surface area contributed by atoms with Crippen molar-refractivity contribution in [2.24, 2.45) is 0 Å². The second-order valence-corrected chi connectivity index (χ2v) is 4.19. The second kappa shape index (κ2) is 4.26. The van der Waals surface area contributed by atoms with Crippen LogP contribution in [0.1, 0.15) is 18.6 Å². The summed E-state index contributed by atoms with van der Waals surface area (Å²) in [5.41, 5.74) is 0.833. The number of rotatable bonds is 2. The minimum atomic E-state index is -0.609. The van der Waals surface area contributed by atoms with Crippen LogP contribution in [0.4, 0.5) is 0 Å². The first kappa shape index (κ1) is 10.0. The van der Waals surface area contributed by atoms with Gasteiger partial charge >= 0.3 is 0 Å². The Hall–Kier alpha value is -0.0500. The normalized spacial score (nSPS) is 15.7. The molecule has 0 aliphatic heterocycles. The smallest absolute Gasteiger partial charge is 0.0961 e. The van der Waals surface area contributed by atoms with Crippen LogP contribution >= 0.6 is 27.5 Å². The van der Waals surface area contributed by atoms with E-state index in [0.29, 0.717) is 0 Å². The highest BCUT2D eigenvalue weighted by atomic mass is 79.9. The summed E-state index contributed by atoms with van der Waals surface area (Å²) in [6.45, 7) is 1.77. The molecular formula is C9H10BrClO. The monoisotopic (exact) mass is 248 g/mol. The molecule has 0 aliphatic carbocycles. The molecule has 0 heterocycles. The molecule has 66 valence electrons. The fourth-order valence-electron chi connectivity index (χ4n) is 0.962. The molecule has 1 nitrogen and oxygen atoms in total. The molecule has 0 amide bonds. The second-order valence-electron chi connectivity index (χ2n) is 2.64. The quantitative estimate of drug-likeness (QED) is 0.799. The van der Waals surface area contributed by atoms with Crippen molar-refractivity contribution in [3.63, 3.8) is 0 Å². The Kier molecular flexibility index (Phi) is 3.56. The third kappa shape index (κ3) is 2.22. The Morgan fingerprint density at radius 1 is 1.42 bits per heavy atom. The molecule has 2 unspecified atom stereocenters. The third-order valence-corrected chi connectivity index (χ3v) is 2.62. The summed E-state index contributed by atoms with van der Waals surface area (Å²) < 4.78 is 0.894. The molecule has 0 saturated carbocycles. The largest absolute Gasteiger partial charge is 0.387 e. The molecule has 12 heavy (non-hydrogen) atoms. The summed E-state index contributed by atoms with van der Waals surface area (Å²) in [6, 6.07) is 7.52. The van der Waals surface area contributed by atoms with Gasteiger partial charge in [-0.1, -0.05) is 34.1 Å². The first-order chi connectivity index (χ1) is 5.63. The number of halogens is 2. The van der Waals surface area contributed by atoms with Crippen molar-refractivity contribution in [3.8, 4) is 0 Å². The highest BCUT2D eigenvalue weighted by molar-refractivity contribution is 9.10. The van der Waals surface area contributed by atoms with Crippen LogP contribution in [0.5, 0.6) is 0 Å². The van der Waals surface area contributed by atoms with E-state index in [0.717, 1.165) is 10.0 Å². The number of aliphatic hydroxyl groups excluding tert-OH is 1. The summed E-state index contributed by atoms with van der Waals surface area (Å²) >= 11 is 9.11.